The molecule has 17 heavy (non-hydrogen) atoms. The second-order valence-electron chi connectivity index (χ2n) is 4.80. The maximum atomic E-state index is 11.7. The van der Waals surface area contributed by atoms with Gasteiger partial charge < -0.3 is 10.2 Å². The number of amides is 2. The van der Waals surface area contributed by atoms with E-state index >= 15 is 0 Å². The molecule has 98 valence electrons. The van der Waals surface area contributed by atoms with Crippen LogP contribution in [0.5, 0.6) is 0 Å². The molecular weight excluding hydrogens is 216 g/mol. The molecule has 0 saturated heterocycles. The van der Waals surface area contributed by atoms with E-state index in [0.29, 0.717) is 19.0 Å². The Hall–Kier alpha value is -1.06. The van der Waals surface area contributed by atoms with E-state index in [1.54, 1.807) is 11.8 Å². The number of nitrogens with one attached hydrogen (secondary N) is 1. The predicted octanol–water partition coefficient (Wildman–Crippen LogP) is 1.69. The van der Waals surface area contributed by atoms with Crippen LogP contribution in [0.4, 0.5) is 0 Å². The fourth-order valence-electron chi connectivity index (χ4n) is 2.30. The van der Waals surface area contributed by atoms with Crippen molar-refractivity contribution in [2.75, 3.05) is 13.1 Å². The Morgan fingerprint density at radius 2 is 1.88 bits per heavy atom. The molecule has 1 N–H and O–H groups in total. The molecule has 1 aliphatic rings. The van der Waals surface area contributed by atoms with E-state index in [4.69, 9.17) is 0 Å². The van der Waals surface area contributed by atoms with Crippen molar-refractivity contribution in [2.45, 2.75) is 58.4 Å². The molecule has 4 heteroatoms. The minimum Gasteiger partial charge on any atom is -0.353 e. The summed E-state index contributed by atoms with van der Waals surface area (Å²) < 4.78 is 0. The lowest BCUT2D eigenvalue weighted by molar-refractivity contribution is -0.129. The molecular formula is C13H24N2O2. The Morgan fingerprint density at radius 1 is 1.24 bits per heavy atom. The lowest BCUT2D eigenvalue weighted by Crippen LogP contribution is -2.37. The Labute approximate surface area is 104 Å². The van der Waals surface area contributed by atoms with Gasteiger partial charge in [0.2, 0.25) is 11.8 Å². The highest BCUT2D eigenvalue weighted by Gasteiger charge is 2.17. The molecule has 1 rings (SSSR count). The van der Waals surface area contributed by atoms with Gasteiger partial charge in [0.15, 0.2) is 0 Å². The zero-order valence-electron chi connectivity index (χ0n) is 11.0. The Bertz CT molecular complexity index is 260. The van der Waals surface area contributed by atoms with Crippen LogP contribution in [0.2, 0.25) is 0 Å². The molecule has 0 atom stereocenters. The first-order valence-electron chi connectivity index (χ1n) is 6.68. The van der Waals surface area contributed by atoms with Crippen molar-refractivity contribution in [1.82, 2.24) is 10.2 Å². The van der Waals surface area contributed by atoms with Crippen LogP contribution in [0, 0.1) is 0 Å². The van der Waals surface area contributed by atoms with Crippen LogP contribution < -0.4 is 5.32 Å². The highest BCUT2D eigenvalue weighted by Crippen LogP contribution is 2.17. The molecule has 0 spiro atoms. The molecule has 2 amide bonds. The third kappa shape index (κ3) is 5.20. The summed E-state index contributed by atoms with van der Waals surface area (Å²) in [6.45, 7) is 4.88. The van der Waals surface area contributed by atoms with Crippen LogP contribution in [0.1, 0.15) is 52.4 Å². The zero-order valence-corrected chi connectivity index (χ0v) is 11.0. The minimum atomic E-state index is 0.0560. The molecule has 0 aromatic heterocycles. The number of nitrogens with zero attached hydrogens (tertiary/aromatic N) is 1. The van der Waals surface area contributed by atoms with Crippen molar-refractivity contribution < 1.29 is 9.59 Å². The molecule has 1 saturated carbocycles. The molecule has 4 nitrogen and oxygen atoms in total. The number of hydrogen-bond donors (Lipinski definition) is 1. The zero-order chi connectivity index (χ0) is 12.7. The third-order valence-electron chi connectivity index (χ3n) is 3.27. The van der Waals surface area contributed by atoms with Crippen molar-refractivity contribution in [1.29, 1.82) is 0 Å². The molecule has 0 aliphatic heterocycles. The first kappa shape index (κ1) is 14.0. The maximum absolute atomic E-state index is 11.7. The van der Waals surface area contributed by atoms with Crippen molar-refractivity contribution in [3.8, 4) is 0 Å². The normalized spacial score (nSPS) is 15.9. The van der Waals surface area contributed by atoms with E-state index in [0.717, 1.165) is 25.8 Å². The van der Waals surface area contributed by atoms with Crippen molar-refractivity contribution >= 4 is 11.8 Å². The third-order valence-corrected chi connectivity index (χ3v) is 3.27. The summed E-state index contributed by atoms with van der Waals surface area (Å²) in [6.07, 6.45) is 6.02. The van der Waals surface area contributed by atoms with E-state index in [1.165, 1.54) is 12.8 Å². The van der Waals surface area contributed by atoms with Crippen LogP contribution >= 0.6 is 0 Å². The Morgan fingerprint density at radius 3 is 2.41 bits per heavy atom. The summed E-state index contributed by atoms with van der Waals surface area (Å²) in [6, 6.07) is 0.374. The number of rotatable bonds is 6. The van der Waals surface area contributed by atoms with Gasteiger partial charge in [0.25, 0.3) is 0 Å². The van der Waals surface area contributed by atoms with E-state index < -0.39 is 0 Å². The predicted molar refractivity (Wildman–Crippen MR) is 67.6 cm³/mol. The van der Waals surface area contributed by atoms with Gasteiger partial charge in [0.1, 0.15) is 0 Å². The first-order valence-corrected chi connectivity index (χ1v) is 6.68. The quantitative estimate of drug-likeness (QED) is 0.768. The van der Waals surface area contributed by atoms with Gasteiger partial charge >= 0.3 is 0 Å². The van der Waals surface area contributed by atoms with Gasteiger partial charge in [-0.15, -0.1) is 0 Å². The number of hydrogen-bond acceptors (Lipinski definition) is 2. The topological polar surface area (TPSA) is 49.4 Å². The van der Waals surface area contributed by atoms with Crippen LogP contribution in [0.3, 0.4) is 0 Å². The van der Waals surface area contributed by atoms with E-state index in [2.05, 4.69) is 5.32 Å². The average Bonchev–Trinajstić information content (AvgIpc) is 2.76. The molecule has 0 bridgehead atoms. The SMILES string of the molecule is CCCN(CCC(=O)NC1CCCC1)C(C)=O. The minimum absolute atomic E-state index is 0.0560. The summed E-state index contributed by atoms with van der Waals surface area (Å²) in [5.41, 5.74) is 0. The molecule has 0 unspecified atom stereocenters. The van der Waals surface area contributed by atoms with E-state index in [9.17, 15) is 9.59 Å². The fraction of sp³-hybridized carbons (Fsp3) is 0.846. The smallest absolute Gasteiger partial charge is 0.221 e. The van der Waals surface area contributed by atoms with Crippen molar-refractivity contribution in [2.24, 2.45) is 0 Å². The number of carbonyl (C=O) groups is 2. The highest BCUT2D eigenvalue weighted by molar-refractivity contribution is 5.78. The summed E-state index contributed by atoms with van der Waals surface area (Å²) in [7, 11) is 0. The standard InChI is InChI=1S/C13H24N2O2/c1-3-9-15(11(2)16)10-8-13(17)14-12-6-4-5-7-12/h12H,3-10H2,1-2H3,(H,14,17). The van der Waals surface area contributed by atoms with Crippen LogP contribution in [-0.2, 0) is 9.59 Å². The van der Waals surface area contributed by atoms with Crippen molar-refractivity contribution in [3.05, 3.63) is 0 Å². The summed E-state index contributed by atoms with van der Waals surface area (Å²) >= 11 is 0. The monoisotopic (exact) mass is 240 g/mol. The lowest BCUT2D eigenvalue weighted by atomic mass is 10.2. The molecule has 0 aromatic rings. The Balaban J connectivity index is 2.22. The maximum Gasteiger partial charge on any atom is 0.221 e. The molecule has 1 aliphatic carbocycles. The van der Waals surface area contributed by atoms with E-state index in [1.807, 2.05) is 6.92 Å². The van der Waals surface area contributed by atoms with Gasteiger partial charge in [0, 0.05) is 32.5 Å². The lowest BCUT2D eigenvalue weighted by Gasteiger charge is -2.20. The van der Waals surface area contributed by atoms with Crippen LogP contribution in [0.15, 0.2) is 0 Å². The van der Waals surface area contributed by atoms with Gasteiger partial charge in [-0.1, -0.05) is 19.8 Å². The van der Waals surface area contributed by atoms with Crippen LogP contribution in [-0.4, -0.2) is 35.8 Å². The van der Waals surface area contributed by atoms with Gasteiger partial charge in [-0.05, 0) is 19.3 Å². The van der Waals surface area contributed by atoms with Gasteiger partial charge in [0.05, 0.1) is 0 Å². The van der Waals surface area contributed by atoms with Gasteiger partial charge in [-0.3, -0.25) is 9.59 Å². The number of carbonyl (C=O) groups excluding carboxylic acids is 2. The highest BCUT2D eigenvalue weighted by atomic mass is 16.2. The largest absolute Gasteiger partial charge is 0.353 e. The summed E-state index contributed by atoms with van der Waals surface area (Å²) in [5.74, 6) is 0.139. The fourth-order valence-corrected chi connectivity index (χ4v) is 2.30. The Kier molecular flexibility index (Phi) is 6.01. The van der Waals surface area contributed by atoms with Crippen LogP contribution in [0.25, 0.3) is 0 Å². The van der Waals surface area contributed by atoms with Gasteiger partial charge in [-0.25, -0.2) is 0 Å². The molecule has 0 heterocycles. The van der Waals surface area contributed by atoms with Gasteiger partial charge in [-0.2, -0.15) is 0 Å². The second kappa shape index (κ2) is 7.30. The average molecular weight is 240 g/mol. The summed E-state index contributed by atoms with van der Waals surface area (Å²) in [4.78, 5) is 24.7. The molecule has 0 radical (unpaired) electrons. The first-order chi connectivity index (χ1) is 8.13. The second-order valence-corrected chi connectivity index (χ2v) is 4.80. The summed E-state index contributed by atoms with van der Waals surface area (Å²) in [5, 5.41) is 3.04. The van der Waals surface area contributed by atoms with E-state index in [-0.39, 0.29) is 11.8 Å². The molecule has 0 aromatic carbocycles. The van der Waals surface area contributed by atoms with Crippen molar-refractivity contribution in [3.63, 3.8) is 0 Å². The molecule has 1 fully saturated rings.